The molecule has 1 rings (SSSR count). The van der Waals surface area contributed by atoms with E-state index in [0.717, 1.165) is 5.56 Å². The molecule has 1 aromatic carbocycles. The van der Waals surface area contributed by atoms with E-state index in [1.54, 1.807) is 6.07 Å². The van der Waals surface area contributed by atoms with Gasteiger partial charge in [0.1, 0.15) is 12.4 Å². The zero-order chi connectivity index (χ0) is 13.1. The molecule has 0 radical (unpaired) electrons. The van der Waals surface area contributed by atoms with Crippen molar-refractivity contribution < 1.29 is 14.6 Å². The van der Waals surface area contributed by atoms with Gasteiger partial charge in [-0.1, -0.05) is 32.9 Å². The number of alkyl halides is 1. The average Bonchev–Trinajstić information content (AvgIpc) is 2.25. The van der Waals surface area contributed by atoms with E-state index >= 15 is 0 Å². The number of aliphatic carboxylic acids is 1. The Bertz CT molecular complexity index is 396. The number of rotatable bonds is 4. The van der Waals surface area contributed by atoms with E-state index in [9.17, 15) is 4.79 Å². The van der Waals surface area contributed by atoms with Gasteiger partial charge in [-0.05, 0) is 23.1 Å². The maximum Gasteiger partial charge on any atom is 0.325 e. The molecule has 4 heteroatoms. The van der Waals surface area contributed by atoms with E-state index in [1.807, 2.05) is 18.2 Å². The van der Waals surface area contributed by atoms with Gasteiger partial charge < -0.3 is 9.84 Å². The minimum Gasteiger partial charge on any atom is -0.491 e. The molecule has 1 atom stereocenters. The summed E-state index contributed by atoms with van der Waals surface area (Å²) in [6.07, 6.45) is 0. The Morgan fingerprint density at radius 2 is 2.12 bits per heavy atom. The third-order valence-corrected chi connectivity index (χ3v) is 2.68. The first-order valence-electron chi connectivity index (χ1n) is 5.41. The lowest BCUT2D eigenvalue weighted by atomic mass is 9.87. The van der Waals surface area contributed by atoms with Gasteiger partial charge in [-0.3, -0.25) is 4.79 Å². The summed E-state index contributed by atoms with van der Waals surface area (Å²) in [5.41, 5.74) is 1.17. The van der Waals surface area contributed by atoms with Crippen LogP contribution in [0.1, 0.15) is 26.3 Å². The van der Waals surface area contributed by atoms with Gasteiger partial charge in [0, 0.05) is 0 Å². The monoisotopic (exact) mass is 256 g/mol. The van der Waals surface area contributed by atoms with Crippen LogP contribution in [0.5, 0.6) is 5.75 Å². The molecule has 1 unspecified atom stereocenters. The Morgan fingerprint density at radius 1 is 1.47 bits per heavy atom. The highest BCUT2D eigenvalue weighted by atomic mass is 35.5. The lowest BCUT2D eigenvalue weighted by Gasteiger charge is -2.19. The van der Waals surface area contributed by atoms with Crippen LogP contribution >= 0.6 is 11.6 Å². The largest absolute Gasteiger partial charge is 0.491 e. The van der Waals surface area contributed by atoms with Crippen LogP contribution in [0.25, 0.3) is 0 Å². The summed E-state index contributed by atoms with van der Waals surface area (Å²) >= 11 is 5.57. The van der Waals surface area contributed by atoms with Crippen LogP contribution < -0.4 is 4.74 Å². The number of carboxylic acids is 1. The molecule has 0 bridgehead atoms. The molecule has 0 aliphatic carbocycles. The van der Waals surface area contributed by atoms with Gasteiger partial charge in [0.15, 0.2) is 5.38 Å². The topological polar surface area (TPSA) is 46.5 Å². The van der Waals surface area contributed by atoms with Crippen molar-refractivity contribution in [1.82, 2.24) is 0 Å². The number of halogens is 1. The third kappa shape index (κ3) is 4.27. The summed E-state index contributed by atoms with van der Waals surface area (Å²) in [7, 11) is 0. The SMILES string of the molecule is CC(C)(C)c1cccc(OCC(Cl)C(=O)O)c1. The van der Waals surface area contributed by atoms with Crippen molar-refractivity contribution >= 4 is 17.6 Å². The lowest BCUT2D eigenvalue weighted by molar-refractivity contribution is -0.137. The van der Waals surface area contributed by atoms with Crippen LogP contribution in [0.15, 0.2) is 24.3 Å². The van der Waals surface area contributed by atoms with Gasteiger partial charge >= 0.3 is 5.97 Å². The highest BCUT2D eigenvalue weighted by Crippen LogP contribution is 2.25. The van der Waals surface area contributed by atoms with Crippen LogP contribution in [0, 0.1) is 0 Å². The van der Waals surface area contributed by atoms with E-state index in [1.165, 1.54) is 0 Å². The standard InChI is InChI=1S/C13H17ClO3/c1-13(2,3)9-5-4-6-10(7-9)17-8-11(14)12(15)16/h4-7,11H,8H2,1-3H3,(H,15,16). The summed E-state index contributed by atoms with van der Waals surface area (Å²) < 4.78 is 5.35. The maximum absolute atomic E-state index is 10.5. The summed E-state index contributed by atoms with van der Waals surface area (Å²) in [5.74, 6) is -0.428. The average molecular weight is 257 g/mol. The van der Waals surface area contributed by atoms with Gasteiger partial charge in [-0.15, -0.1) is 11.6 Å². The van der Waals surface area contributed by atoms with E-state index in [2.05, 4.69) is 20.8 Å². The fourth-order valence-corrected chi connectivity index (χ4v) is 1.36. The first-order chi connectivity index (χ1) is 7.80. The predicted molar refractivity (Wildman–Crippen MR) is 67.9 cm³/mol. The molecule has 0 fully saturated rings. The van der Waals surface area contributed by atoms with Crippen molar-refractivity contribution in [2.75, 3.05) is 6.61 Å². The van der Waals surface area contributed by atoms with Crippen LogP contribution in [0.4, 0.5) is 0 Å². The Balaban J connectivity index is 2.70. The summed E-state index contributed by atoms with van der Waals surface area (Å²) in [6.45, 7) is 6.28. The first-order valence-corrected chi connectivity index (χ1v) is 5.84. The van der Waals surface area contributed by atoms with E-state index in [0.29, 0.717) is 5.75 Å². The fraction of sp³-hybridized carbons (Fsp3) is 0.462. The van der Waals surface area contributed by atoms with Crippen molar-refractivity contribution in [3.63, 3.8) is 0 Å². The van der Waals surface area contributed by atoms with Crippen LogP contribution in [-0.4, -0.2) is 23.1 Å². The Kier molecular flexibility index (Phi) is 4.40. The molecule has 0 saturated heterocycles. The minimum absolute atomic E-state index is 0.0343. The highest BCUT2D eigenvalue weighted by molar-refractivity contribution is 6.29. The van der Waals surface area contributed by atoms with Gasteiger partial charge in [-0.2, -0.15) is 0 Å². The summed E-state index contributed by atoms with van der Waals surface area (Å²) in [5, 5.41) is 7.61. The Labute approximate surface area is 106 Å². The van der Waals surface area contributed by atoms with Crippen molar-refractivity contribution in [2.45, 2.75) is 31.6 Å². The molecule has 1 N–H and O–H groups in total. The molecular weight excluding hydrogens is 240 g/mol. The Morgan fingerprint density at radius 3 is 2.65 bits per heavy atom. The number of ether oxygens (including phenoxy) is 1. The van der Waals surface area contributed by atoms with Crippen LogP contribution in [-0.2, 0) is 10.2 Å². The zero-order valence-corrected chi connectivity index (χ0v) is 11.0. The van der Waals surface area contributed by atoms with E-state index in [4.69, 9.17) is 21.4 Å². The molecule has 17 heavy (non-hydrogen) atoms. The minimum atomic E-state index is -1.07. The number of benzene rings is 1. The molecule has 1 aromatic rings. The summed E-state index contributed by atoms with van der Waals surface area (Å²) in [4.78, 5) is 10.5. The second-order valence-electron chi connectivity index (χ2n) is 4.89. The summed E-state index contributed by atoms with van der Waals surface area (Å²) in [6, 6.07) is 7.61. The van der Waals surface area contributed by atoms with E-state index < -0.39 is 11.3 Å². The molecule has 0 aliphatic heterocycles. The third-order valence-electron chi connectivity index (χ3n) is 2.36. The zero-order valence-electron chi connectivity index (χ0n) is 10.2. The smallest absolute Gasteiger partial charge is 0.325 e. The highest BCUT2D eigenvalue weighted by Gasteiger charge is 2.16. The predicted octanol–water partition coefficient (Wildman–Crippen LogP) is 3.05. The molecule has 0 saturated carbocycles. The number of hydrogen-bond acceptors (Lipinski definition) is 2. The normalized spacial score (nSPS) is 13.2. The second-order valence-corrected chi connectivity index (χ2v) is 5.42. The first kappa shape index (κ1) is 13.8. The van der Waals surface area contributed by atoms with E-state index in [-0.39, 0.29) is 12.0 Å². The molecule has 0 aliphatic rings. The molecule has 0 aromatic heterocycles. The maximum atomic E-state index is 10.5. The van der Waals surface area contributed by atoms with Crippen LogP contribution in [0.2, 0.25) is 0 Å². The van der Waals surface area contributed by atoms with Crippen molar-refractivity contribution in [1.29, 1.82) is 0 Å². The Hall–Kier alpha value is -1.22. The van der Waals surface area contributed by atoms with Crippen LogP contribution in [0.3, 0.4) is 0 Å². The molecule has 94 valence electrons. The molecule has 3 nitrogen and oxygen atoms in total. The molecular formula is C13H17ClO3. The van der Waals surface area contributed by atoms with Gasteiger partial charge in [0.05, 0.1) is 0 Å². The quantitative estimate of drug-likeness (QED) is 0.843. The second kappa shape index (κ2) is 5.41. The number of carbonyl (C=O) groups is 1. The van der Waals surface area contributed by atoms with Crippen molar-refractivity contribution in [2.24, 2.45) is 0 Å². The van der Waals surface area contributed by atoms with Crippen molar-refractivity contribution in [3.05, 3.63) is 29.8 Å². The van der Waals surface area contributed by atoms with Gasteiger partial charge in [-0.25, -0.2) is 0 Å². The van der Waals surface area contributed by atoms with Crippen molar-refractivity contribution in [3.8, 4) is 5.75 Å². The lowest BCUT2D eigenvalue weighted by Crippen LogP contribution is -2.21. The van der Waals surface area contributed by atoms with Gasteiger partial charge in [0.25, 0.3) is 0 Å². The molecule has 0 amide bonds. The fourth-order valence-electron chi connectivity index (χ4n) is 1.29. The van der Waals surface area contributed by atoms with Gasteiger partial charge in [0.2, 0.25) is 0 Å². The molecule has 0 heterocycles. The molecule has 0 spiro atoms. The number of hydrogen-bond donors (Lipinski definition) is 1. The number of carboxylic acid groups (broad SMARTS) is 1.